The van der Waals surface area contributed by atoms with Gasteiger partial charge in [-0.1, -0.05) is 30.1 Å². The van der Waals surface area contributed by atoms with E-state index in [4.69, 9.17) is 28.9 Å². The number of fused-ring (bicyclic) bond motifs is 1. The lowest BCUT2D eigenvalue weighted by atomic mass is 9.88. The van der Waals surface area contributed by atoms with Crippen LogP contribution in [0, 0.1) is 5.92 Å². The van der Waals surface area contributed by atoms with Crippen molar-refractivity contribution in [1.29, 1.82) is 0 Å². The van der Waals surface area contributed by atoms with Gasteiger partial charge in [-0.3, -0.25) is 14.4 Å². The zero-order valence-corrected chi connectivity index (χ0v) is 20.9. The van der Waals surface area contributed by atoms with E-state index < -0.39 is 23.8 Å². The Kier molecular flexibility index (Phi) is 8.49. The predicted molar refractivity (Wildman–Crippen MR) is 133 cm³/mol. The summed E-state index contributed by atoms with van der Waals surface area (Å²) in [6.07, 6.45) is 4.94. The van der Waals surface area contributed by atoms with E-state index in [1.54, 1.807) is 17.8 Å². The van der Waals surface area contributed by atoms with E-state index in [0.717, 1.165) is 29.7 Å². The highest BCUT2D eigenvalue weighted by molar-refractivity contribution is 7.98. The Bertz CT molecular complexity index is 1040. The summed E-state index contributed by atoms with van der Waals surface area (Å²) in [5, 5.41) is 6.69. The summed E-state index contributed by atoms with van der Waals surface area (Å²) in [5.41, 5.74) is 7.21. The third kappa shape index (κ3) is 5.78. The Morgan fingerprint density at radius 1 is 1.31 bits per heavy atom. The predicted octanol–water partition coefficient (Wildman–Crippen LogP) is 4.77. The molecule has 4 N–H and O–H groups in total. The molecule has 0 bridgehead atoms. The van der Waals surface area contributed by atoms with Crippen LogP contribution >= 0.6 is 46.3 Å². The first-order chi connectivity index (χ1) is 15.2. The summed E-state index contributed by atoms with van der Waals surface area (Å²) in [5.74, 6) is -0.240. The molecule has 0 saturated carbocycles. The topological polar surface area (TPSA) is 101 Å². The fraction of sp³-hybridized carbons (Fsp3) is 0.409. The minimum absolute atomic E-state index is 0.204. The van der Waals surface area contributed by atoms with Gasteiger partial charge in [-0.25, -0.2) is 0 Å². The van der Waals surface area contributed by atoms with Crippen LogP contribution in [-0.2, 0) is 17.6 Å². The van der Waals surface area contributed by atoms with Gasteiger partial charge in [0.05, 0.1) is 16.1 Å². The fourth-order valence-corrected chi connectivity index (χ4v) is 6.10. The second-order valence-corrected chi connectivity index (χ2v) is 10.8. The van der Waals surface area contributed by atoms with Crippen LogP contribution in [-0.4, -0.2) is 35.8 Å². The zero-order valence-electron chi connectivity index (χ0n) is 17.8. The summed E-state index contributed by atoms with van der Waals surface area (Å²) in [7, 11) is 0. The fourth-order valence-electron chi connectivity index (χ4n) is 3.71. The maximum atomic E-state index is 13.1. The molecule has 2 atom stereocenters. The number of hydrogen-bond acceptors (Lipinski definition) is 5. The number of anilines is 1. The number of hydrogen-bond donors (Lipinski definition) is 3. The van der Waals surface area contributed by atoms with E-state index in [1.165, 1.54) is 23.5 Å². The Hall–Kier alpha value is -1.74. The molecular weight excluding hydrogens is 489 g/mol. The maximum absolute atomic E-state index is 13.1. The van der Waals surface area contributed by atoms with Crippen molar-refractivity contribution in [3.63, 3.8) is 0 Å². The Labute approximate surface area is 205 Å². The van der Waals surface area contributed by atoms with Crippen molar-refractivity contribution >= 4 is 69.0 Å². The monoisotopic (exact) mass is 513 g/mol. The number of carbonyl (C=O) groups is 3. The molecule has 1 aliphatic carbocycles. The molecule has 1 aromatic carbocycles. The SMILES string of the molecule is CSCC[C@H](NC(=O)c1ccc(Cl)cc1Cl)C(=O)Nc1sc2c(c1C(N)=O)CC[C@@H](C)C2. The Balaban J connectivity index is 1.82. The molecule has 1 aromatic heterocycles. The number of thioether (sulfide) groups is 1. The number of rotatable bonds is 8. The highest BCUT2D eigenvalue weighted by atomic mass is 35.5. The molecule has 2 aromatic rings. The van der Waals surface area contributed by atoms with E-state index in [9.17, 15) is 14.4 Å². The van der Waals surface area contributed by atoms with Gasteiger partial charge in [-0.15, -0.1) is 11.3 Å². The number of benzene rings is 1. The highest BCUT2D eigenvalue weighted by Crippen LogP contribution is 2.39. The van der Waals surface area contributed by atoms with Gasteiger partial charge in [0.15, 0.2) is 0 Å². The zero-order chi connectivity index (χ0) is 23.4. The average molecular weight is 515 g/mol. The molecule has 0 fully saturated rings. The number of thiophene rings is 1. The summed E-state index contributed by atoms with van der Waals surface area (Å²) >= 11 is 15.0. The minimum atomic E-state index is -0.805. The standard InChI is InChI=1S/C22H25Cl2N3O3S2/c1-11-3-5-14-17(9-11)32-22(18(14)19(25)28)27-21(30)16(7-8-31-2)26-20(29)13-6-4-12(23)10-15(13)24/h4,6,10-11,16H,3,5,7-9H2,1-2H3,(H2,25,28)(H,26,29)(H,27,30)/t11-,16+/m1/s1. The molecule has 6 nitrogen and oxygen atoms in total. The van der Waals surface area contributed by atoms with Crippen molar-refractivity contribution in [2.45, 2.75) is 38.6 Å². The molecular formula is C22H25Cl2N3O3S2. The van der Waals surface area contributed by atoms with Crippen LogP contribution in [0.5, 0.6) is 0 Å². The number of primary amides is 1. The normalized spacial score (nSPS) is 16.2. The van der Waals surface area contributed by atoms with Crippen LogP contribution in [0.3, 0.4) is 0 Å². The van der Waals surface area contributed by atoms with Crippen LogP contribution in [0.25, 0.3) is 0 Å². The molecule has 172 valence electrons. The van der Waals surface area contributed by atoms with Gasteiger partial charge in [0.1, 0.15) is 11.0 Å². The van der Waals surface area contributed by atoms with Gasteiger partial charge >= 0.3 is 0 Å². The maximum Gasteiger partial charge on any atom is 0.253 e. The summed E-state index contributed by atoms with van der Waals surface area (Å²) in [4.78, 5) is 39.2. The molecule has 0 spiro atoms. The lowest BCUT2D eigenvalue weighted by molar-refractivity contribution is -0.118. The Morgan fingerprint density at radius 2 is 2.06 bits per heavy atom. The van der Waals surface area contributed by atoms with Gasteiger partial charge < -0.3 is 16.4 Å². The van der Waals surface area contributed by atoms with Crippen LogP contribution in [0.1, 0.15) is 50.9 Å². The van der Waals surface area contributed by atoms with Crippen molar-refractivity contribution in [1.82, 2.24) is 5.32 Å². The molecule has 0 unspecified atom stereocenters. The van der Waals surface area contributed by atoms with Gasteiger partial charge in [-0.2, -0.15) is 11.8 Å². The first-order valence-corrected chi connectivity index (χ1v) is 13.2. The van der Waals surface area contributed by atoms with E-state index >= 15 is 0 Å². The largest absolute Gasteiger partial charge is 0.365 e. The molecule has 32 heavy (non-hydrogen) atoms. The number of halogens is 2. The quantitative estimate of drug-likeness (QED) is 0.473. The van der Waals surface area contributed by atoms with Crippen LogP contribution in [0.2, 0.25) is 10.0 Å². The lowest BCUT2D eigenvalue weighted by Gasteiger charge is -2.19. The first kappa shape index (κ1) is 24.9. The molecule has 0 saturated heterocycles. The van der Waals surface area contributed by atoms with Crippen molar-refractivity contribution < 1.29 is 14.4 Å². The first-order valence-electron chi connectivity index (χ1n) is 10.2. The molecule has 0 radical (unpaired) electrons. The second kappa shape index (κ2) is 10.9. The summed E-state index contributed by atoms with van der Waals surface area (Å²) in [6, 6.07) is 3.75. The van der Waals surface area contributed by atoms with Gasteiger partial charge in [0.2, 0.25) is 5.91 Å². The molecule has 3 rings (SSSR count). The van der Waals surface area contributed by atoms with E-state index in [-0.39, 0.29) is 10.6 Å². The van der Waals surface area contributed by atoms with E-state index in [0.29, 0.717) is 33.7 Å². The van der Waals surface area contributed by atoms with Crippen LogP contribution < -0.4 is 16.4 Å². The lowest BCUT2D eigenvalue weighted by Crippen LogP contribution is -2.44. The Morgan fingerprint density at radius 3 is 2.72 bits per heavy atom. The summed E-state index contributed by atoms with van der Waals surface area (Å²) in [6.45, 7) is 2.17. The van der Waals surface area contributed by atoms with Gasteiger partial charge in [-0.05, 0) is 67.4 Å². The third-order valence-corrected chi connectivity index (χ3v) is 7.76. The van der Waals surface area contributed by atoms with Crippen molar-refractivity contribution in [2.75, 3.05) is 17.3 Å². The highest BCUT2D eigenvalue weighted by Gasteiger charge is 2.29. The second-order valence-electron chi connectivity index (χ2n) is 7.84. The number of amides is 3. The molecule has 0 aliphatic heterocycles. The summed E-state index contributed by atoms with van der Waals surface area (Å²) < 4.78 is 0. The number of nitrogens with two attached hydrogens (primary N) is 1. The van der Waals surface area contributed by atoms with Crippen molar-refractivity contribution in [2.24, 2.45) is 11.7 Å². The number of nitrogens with one attached hydrogen (secondary N) is 2. The van der Waals surface area contributed by atoms with E-state index in [2.05, 4.69) is 17.6 Å². The molecule has 3 amide bonds. The molecule has 1 aliphatic rings. The minimum Gasteiger partial charge on any atom is -0.365 e. The molecule has 1 heterocycles. The number of carbonyl (C=O) groups excluding carboxylic acids is 3. The molecule has 10 heteroatoms. The van der Waals surface area contributed by atoms with Crippen LogP contribution in [0.4, 0.5) is 5.00 Å². The van der Waals surface area contributed by atoms with Gasteiger partial charge in [0.25, 0.3) is 11.8 Å². The average Bonchev–Trinajstić information content (AvgIpc) is 3.07. The van der Waals surface area contributed by atoms with Crippen molar-refractivity contribution in [3.8, 4) is 0 Å². The van der Waals surface area contributed by atoms with E-state index in [1.807, 2.05) is 6.26 Å². The van der Waals surface area contributed by atoms with Crippen molar-refractivity contribution in [3.05, 3.63) is 49.8 Å². The van der Waals surface area contributed by atoms with Crippen LogP contribution in [0.15, 0.2) is 18.2 Å². The smallest absolute Gasteiger partial charge is 0.253 e. The third-order valence-electron chi connectivity index (χ3n) is 5.40. The van der Waals surface area contributed by atoms with Gasteiger partial charge in [0, 0.05) is 9.90 Å².